The zero-order valence-corrected chi connectivity index (χ0v) is 13.8. The van der Waals surface area contributed by atoms with Crippen LogP contribution in [-0.4, -0.2) is 19.8 Å². The van der Waals surface area contributed by atoms with Gasteiger partial charge in [0.15, 0.2) is 5.79 Å². The molecule has 3 nitrogen and oxygen atoms in total. The Bertz CT molecular complexity index is 448. The first-order valence-electron chi connectivity index (χ1n) is 8.18. The Balaban J connectivity index is 2.34. The first-order chi connectivity index (χ1) is 10.1. The molecule has 0 radical (unpaired) electrons. The van der Waals surface area contributed by atoms with Gasteiger partial charge in [-0.05, 0) is 36.1 Å². The van der Waals surface area contributed by atoms with Crippen LogP contribution in [0.15, 0.2) is 18.2 Å². The van der Waals surface area contributed by atoms with Crippen molar-refractivity contribution in [3.63, 3.8) is 0 Å². The van der Waals surface area contributed by atoms with Gasteiger partial charge in [0.25, 0.3) is 0 Å². The van der Waals surface area contributed by atoms with Gasteiger partial charge in [-0.2, -0.15) is 0 Å². The van der Waals surface area contributed by atoms with E-state index in [9.17, 15) is 0 Å². The minimum Gasteiger partial charge on any atom is -0.493 e. The summed E-state index contributed by atoms with van der Waals surface area (Å²) in [5.74, 6) is 0.846. The van der Waals surface area contributed by atoms with E-state index < -0.39 is 5.79 Å². The molecule has 118 valence electrons. The summed E-state index contributed by atoms with van der Waals surface area (Å²) in [7, 11) is 0. The molecule has 0 aliphatic carbocycles. The van der Waals surface area contributed by atoms with E-state index in [-0.39, 0.29) is 0 Å². The molecule has 1 aliphatic heterocycles. The van der Waals surface area contributed by atoms with E-state index >= 15 is 0 Å². The summed E-state index contributed by atoms with van der Waals surface area (Å²) in [5.41, 5.74) is 2.35. The summed E-state index contributed by atoms with van der Waals surface area (Å²) < 4.78 is 17.8. The monoisotopic (exact) mass is 292 g/mol. The van der Waals surface area contributed by atoms with Crippen molar-refractivity contribution in [2.75, 3.05) is 19.8 Å². The van der Waals surface area contributed by atoms with Crippen LogP contribution in [-0.2, 0) is 15.3 Å². The number of benzene rings is 1. The molecule has 1 aliphatic rings. The van der Waals surface area contributed by atoms with Gasteiger partial charge in [0.05, 0.1) is 19.8 Å². The molecule has 0 bridgehead atoms. The summed E-state index contributed by atoms with van der Waals surface area (Å²) in [4.78, 5) is 0. The second-order valence-electron chi connectivity index (χ2n) is 5.96. The van der Waals surface area contributed by atoms with Crippen LogP contribution in [0.2, 0.25) is 0 Å². The third kappa shape index (κ3) is 3.58. The van der Waals surface area contributed by atoms with Crippen LogP contribution in [0.1, 0.15) is 64.0 Å². The van der Waals surface area contributed by atoms with Crippen LogP contribution in [0.4, 0.5) is 0 Å². The fourth-order valence-corrected chi connectivity index (χ4v) is 2.82. The first kappa shape index (κ1) is 16.3. The van der Waals surface area contributed by atoms with Gasteiger partial charge in [-0.25, -0.2) is 0 Å². The average Bonchev–Trinajstić information content (AvgIpc) is 2.95. The maximum absolute atomic E-state index is 5.96. The van der Waals surface area contributed by atoms with Crippen molar-refractivity contribution in [3.05, 3.63) is 29.3 Å². The lowest BCUT2D eigenvalue weighted by atomic mass is 9.94. The van der Waals surface area contributed by atoms with Gasteiger partial charge in [0.2, 0.25) is 0 Å². The predicted octanol–water partition coefficient (Wildman–Crippen LogP) is 4.60. The third-order valence-electron chi connectivity index (χ3n) is 3.87. The number of hydrogen-bond acceptors (Lipinski definition) is 3. The van der Waals surface area contributed by atoms with Crippen molar-refractivity contribution in [3.8, 4) is 5.75 Å². The lowest BCUT2D eigenvalue weighted by Crippen LogP contribution is -2.27. The predicted molar refractivity (Wildman–Crippen MR) is 84.8 cm³/mol. The second kappa shape index (κ2) is 7.28. The van der Waals surface area contributed by atoms with Crippen LogP contribution >= 0.6 is 0 Å². The Morgan fingerprint density at radius 3 is 2.43 bits per heavy atom. The van der Waals surface area contributed by atoms with Gasteiger partial charge in [0.1, 0.15) is 5.75 Å². The maximum atomic E-state index is 5.96. The van der Waals surface area contributed by atoms with E-state index in [1.165, 1.54) is 5.56 Å². The Kier molecular flexibility index (Phi) is 5.65. The highest BCUT2D eigenvalue weighted by atomic mass is 16.7. The lowest BCUT2D eigenvalue weighted by molar-refractivity contribution is -0.171. The summed E-state index contributed by atoms with van der Waals surface area (Å²) in [6, 6.07) is 6.37. The molecule has 0 unspecified atom stereocenters. The SMILES string of the molecule is CCCOc1ccc(C2(CCC)OCCO2)cc1C(C)C. The van der Waals surface area contributed by atoms with E-state index in [1.54, 1.807) is 0 Å². The summed E-state index contributed by atoms with van der Waals surface area (Å²) in [5, 5.41) is 0. The molecule has 0 aromatic heterocycles. The summed E-state index contributed by atoms with van der Waals surface area (Å²) >= 11 is 0. The van der Waals surface area contributed by atoms with Crippen LogP contribution in [0.5, 0.6) is 5.75 Å². The molecule has 1 fully saturated rings. The Morgan fingerprint density at radius 1 is 1.14 bits per heavy atom. The molecule has 1 heterocycles. The molecule has 1 aromatic rings. The quantitative estimate of drug-likeness (QED) is 0.735. The Labute approximate surface area is 128 Å². The standard InChI is InChI=1S/C18H28O3/c1-5-9-18(20-11-12-21-18)15-7-8-17(19-10-6-2)16(13-15)14(3)4/h7-8,13-14H,5-6,9-12H2,1-4H3. The van der Waals surface area contributed by atoms with Crippen molar-refractivity contribution in [1.29, 1.82) is 0 Å². The summed E-state index contributed by atoms with van der Waals surface area (Å²) in [6.45, 7) is 10.8. The summed E-state index contributed by atoms with van der Waals surface area (Å²) in [6.07, 6.45) is 2.94. The number of ether oxygens (including phenoxy) is 3. The van der Waals surface area contributed by atoms with Gasteiger partial charge in [-0.1, -0.05) is 34.1 Å². The van der Waals surface area contributed by atoms with Gasteiger partial charge < -0.3 is 14.2 Å². The third-order valence-corrected chi connectivity index (χ3v) is 3.87. The van der Waals surface area contributed by atoms with E-state index in [4.69, 9.17) is 14.2 Å². The normalized spacial score (nSPS) is 17.4. The van der Waals surface area contributed by atoms with Gasteiger partial charge in [-0.15, -0.1) is 0 Å². The van der Waals surface area contributed by atoms with Crippen molar-refractivity contribution < 1.29 is 14.2 Å². The fraction of sp³-hybridized carbons (Fsp3) is 0.667. The minimum atomic E-state index is -0.554. The molecule has 2 rings (SSSR count). The molecule has 3 heteroatoms. The van der Waals surface area contributed by atoms with Crippen molar-refractivity contribution in [1.82, 2.24) is 0 Å². The highest BCUT2D eigenvalue weighted by Crippen LogP contribution is 2.39. The van der Waals surface area contributed by atoms with Crippen LogP contribution in [0, 0.1) is 0 Å². The van der Waals surface area contributed by atoms with E-state index in [0.717, 1.165) is 37.2 Å². The van der Waals surface area contributed by atoms with Gasteiger partial charge in [-0.3, -0.25) is 0 Å². The van der Waals surface area contributed by atoms with E-state index in [2.05, 4.69) is 45.9 Å². The largest absolute Gasteiger partial charge is 0.493 e. The van der Waals surface area contributed by atoms with Crippen molar-refractivity contribution in [2.24, 2.45) is 0 Å². The first-order valence-corrected chi connectivity index (χ1v) is 8.18. The number of hydrogen-bond donors (Lipinski definition) is 0. The highest BCUT2D eigenvalue weighted by Gasteiger charge is 2.38. The molecule has 0 saturated carbocycles. The van der Waals surface area contributed by atoms with Crippen molar-refractivity contribution >= 4 is 0 Å². The molecule has 0 atom stereocenters. The molecular formula is C18H28O3. The van der Waals surface area contributed by atoms with Crippen LogP contribution < -0.4 is 4.74 Å². The number of rotatable bonds is 7. The average molecular weight is 292 g/mol. The van der Waals surface area contributed by atoms with Crippen LogP contribution in [0.3, 0.4) is 0 Å². The molecule has 0 N–H and O–H groups in total. The maximum Gasteiger partial charge on any atom is 0.194 e. The van der Waals surface area contributed by atoms with Gasteiger partial charge >= 0.3 is 0 Å². The minimum absolute atomic E-state index is 0.414. The molecule has 21 heavy (non-hydrogen) atoms. The molecule has 1 aromatic carbocycles. The Hall–Kier alpha value is -1.06. The molecule has 0 amide bonds. The lowest BCUT2D eigenvalue weighted by Gasteiger charge is -2.29. The topological polar surface area (TPSA) is 27.7 Å². The van der Waals surface area contributed by atoms with E-state index in [0.29, 0.717) is 19.1 Å². The smallest absolute Gasteiger partial charge is 0.194 e. The van der Waals surface area contributed by atoms with Gasteiger partial charge in [0, 0.05) is 12.0 Å². The Morgan fingerprint density at radius 2 is 1.86 bits per heavy atom. The zero-order chi connectivity index (χ0) is 15.3. The zero-order valence-electron chi connectivity index (χ0n) is 13.8. The molecule has 0 spiro atoms. The van der Waals surface area contributed by atoms with E-state index in [1.807, 2.05) is 0 Å². The van der Waals surface area contributed by atoms with Crippen molar-refractivity contribution in [2.45, 2.75) is 58.7 Å². The molecule has 1 saturated heterocycles. The fourth-order valence-electron chi connectivity index (χ4n) is 2.82. The second-order valence-corrected chi connectivity index (χ2v) is 5.96. The van der Waals surface area contributed by atoms with Crippen LogP contribution in [0.25, 0.3) is 0 Å². The highest BCUT2D eigenvalue weighted by molar-refractivity contribution is 5.41. The molecular weight excluding hydrogens is 264 g/mol.